The first kappa shape index (κ1) is 13.5. The molecule has 1 N–H and O–H groups in total. The van der Waals surface area contributed by atoms with Crippen LogP contribution in [0.5, 0.6) is 0 Å². The van der Waals surface area contributed by atoms with E-state index in [2.05, 4.69) is 36.4 Å². The van der Waals surface area contributed by atoms with E-state index in [9.17, 15) is 4.79 Å². The number of rotatable bonds is 5. The second kappa shape index (κ2) is 6.23. The third kappa shape index (κ3) is 4.51. The van der Waals surface area contributed by atoms with Crippen LogP contribution in [0.4, 0.5) is 0 Å². The van der Waals surface area contributed by atoms with Gasteiger partial charge >= 0.3 is 5.97 Å². The fourth-order valence-electron chi connectivity index (χ4n) is 1.75. The number of carboxylic acids is 1. The van der Waals surface area contributed by atoms with Crippen molar-refractivity contribution in [1.29, 1.82) is 0 Å². The normalized spacial score (nSPS) is 12.8. The lowest BCUT2D eigenvalue weighted by Gasteiger charge is -2.14. The number of aliphatic carboxylic acids is 1. The fraction of sp³-hybridized carbons (Fsp3) is 0.462. The number of carboxylic acid groups (broad SMARTS) is 1. The minimum Gasteiger partial charge on any atom is -0.481 e. The second-order valence-electron chi connectivity index (χ2n) is 4.50. The molecular weight excluding hydrogens is 315 g/mol. The molecule has 16 heavy (non-hydrogen) atoms. The van der Waals surface area contributed by atoms with Gasteiger partial charge in [0, 0.05) is 3.57 Å². The molecule has 1 atom stereocenters. The third-order valence-corrected chi connectivity index (χ3v) is 3.22. The molecule has 1 rings (SSSR count). The van der Waals surface area contributed by atoms with Crippen LogP contribution in [0.2, 0.25) is 0 Å². The average Bonchev–Trinajstić information content (AvgIpc) is 2.19. The van der Waals surface area contributed by atoms with E-state index < -0.39 is 5.97 Å². The summed E-state index contributed by atoms with van der Waals surface area (Å²) in [5.41, 5.74) is 1.11. The molecule has 88 valence electrons. The monoisotopic (exact) mass is 332 g/mol. The van der Waals surface area contributed by atoms with Gasteiger partial charge in [0.2, 0.25) is 0 Å². The van der Waals surface area contributed by atoms with Crippen LogP contribution in [0.1, 0.15) is 25.8 Å². The van der Waals surface area contributed by atoms with Crippen LogP contribution in [0.15, 0.2) is 24.3 Å². The zero-order valence-electron chi connectivity index (χ0n) is 9.61. The first-order valence-corrected chi connectivity index (χ1v) is 6.54. The van der Waals surface area contributed by atoms with Gasteiger partial charge in [-0.05, 0) is 59.0 Å². The summed E-state index contributed by atoms with van der Waals surface area (Å²) in [5, 5.41) is 9.14. The standard InChI is InChI=1S/C13H17IO2/c1-9(2)7-11(13(15)16)8-10-3-5-12(14)6-4-10/h3-6,9,11H,7-8H2,1-2H3,(H,15,16). The summed E-state index contributed by atoms with van der Waals surface area (Å²) in [4.78, 5) is 11.1. The zero-order chi connectivity index (χ0) is 12.1. The molecule has 0 saturated carbocycles. The van der Waals surface area contributed by atoms with E-state index >= 15 is 0 Å². The molecule has 1 unspecified atom stereocenters. The predicted octanol–water partition coefficient (Wildman–Crippen LogP) is 3.58. The topological polar surface area (TPSA) is 37.3 Å². The Bertz CT molecular complexity index is 343. The van der Waals surface area contributed by atoms with Crippen molar-refractivity contribution in [3.05, 3.63) is 33.4 Å². The van der Waals surface area contributed by atoms with Crippen molar-refractivity contribution < 1.29 is 9.90 Å². The minimum absolute atomic E-state index is 0.264. The van der Waals surface area contributed by atoms with Crippen LogP contribution in [-0.2, 0) is 11.2 Å². The maximum Gasteiger partial charge on any atom is 0.306 e. The molecule has 0 amide bonds. The molecule has 0 heterocycles. The number of hydrogen-bond donors (Lipinski definition) is 1. The maximum absolute atomic E-state index is 11.1. The highest BCUT2D eigenvalue weighted by Gasteiger charge is 2.19. The van der Waals surface area contributed by atoms with Crippen molar-refractivity contribution in [2.45, 2.75) is 26.7 Å². The Balaban J connectivity index is 2.68. The van der Waals surface area contributed by atoms with Crippen LogP contribution in [0.3, 0.4) is 0 Å². The average molecular weight is 332 g/mol. The lowest BCUT2D eigenvalue weighted by Crippen LogP contribution is -2.18. The van der Waals surface area contributed by atoms with E-state index in [4.69, 9.17) is 5.11 Å². The molecular formula is C13H17IO2. The van der Waals surface area contributed by atoms with Gasteiger partial charge in [-0.3, -0.25) is 4.79 Å². The summed E-state index contributed by atoms with van der Waals surface area (Å²) >= 11 is 2.25. The molecule has 2 nitrogen and oxygen atoms in total. The van der Waals surface area contributed by atoms with Gasteiger partial charge in [0.05, 0.1) is 5.92 Å². The highest BCUT2D eigenvalue weighted by atomic mass is 127. The SMILES string of the molecule is CC(C)CC(Cc1ccc(I)cc1)C(=O)O. The van der Waals surface area contributed by atoms with E-state index in [0.29, 0.717) is 12.3 Å². The van der Waals surface area contributed by atoms with Crippen molar-refractivity contribution >= 4 is 28.6 Å². The van der Waals surface area contributed by atoms with Gasteiger partial charge in [-0.15, -0.1) is 0 Å². The molecule has 1 aromatic rings. The quantitative estimate of drug-likeness (QED) is 0.837. The van der Waals surface area contributed by atoms with Gasteiger partial charge < -0.3 is 5.11 Å². The van der Waals surface area contributed by atoms with Gasteiger partial charge in [0.25, 0.3) is 0 Å². The second-order valence-corrected chi connectivity index (χ2v) is 5.74. The lowest BCUT2D eigenvalue weighted by atomic mass is 9.91. The van der Waals surface area contributed by atoms with Gasteiger partial charge in [-0.2, -0.15) is 0 Å². The van der Waals surface area contributed by atoms with Gasteiger partial charge in [0.1, 0.15) is 0 Å². The Morgan fingerprint density at radius 3 is 2.31 bits per heavy atom. The first-order chi connectivity index (χ1) is 7.49. The first-order valence-electron chi connectivity index (χ1n) is 5.46. The molecule has 0 radical (unpaired) electrons. The Kier molecular flexibility index (Phi) is 5.25. The van der Waals surface area contributed by atoms with Gasteiger partial charge in [-0.1, -0.05) is 26.0 Å². The molecule has 3 heteroatoms. The molecule has 0 aliphatic carbocycles. The maximum atomic E-state index is 11.1. The van der Waals surface area contributed by atoms with Crippen molar-refractivity contribution in [1.82, 2.24) is 0 Å². The number of hydrogen-bond acceptors (Lipinski definition) is 1. The summed E-state index contributed by atoms with van der Waals surface area (Å²) in [6.45, 7) is 4.12. The molecule has 0 aliphatic rings. The van der Waals surface area contributed by atoms with Crippen molar-refractivity contribution in [2.24, 2.45) is 11.8 Å². The van der Waals surface area contributed by atoms with E-state index in [1.165, 1.54) is 3.57 Å². The molecule has 0 fully saturated rings. The largest absolute Gasteiger partial charge is 0.481 e. The summed E-state index contributed by atoms with van der Waals surface area (Å²) < 4.78 is 1.18. The van der Waals surface area contributed by atoms with E-state index in [1.54, 1.807) is 0 Å². The predicted molar refractivity (Wildman–Crippen MR) is 73.4 cm³/mol. The molecule has 1 aromatic carbocycles. The van der Waals surface area contributed by atoms with Crippen LogP contribution < -0.4 is 0 Å². The number of benzene rings is 1. The lowest BCUT2D eigenvalue weighted by molar-refractivity contribution is -0.142. The molecule has 0 spiro atoms. The van der Waals surface area contributed by atoms with Crippen LogP contribution >= 0.6 is 22.6 Å². The smallest absolute Gasteiger partial charge is 0.306 e. The Morgan fingerprint density at radius 1 is 1.31 bits per heavy atom. The molecule has 0 saturated heterocycles. The van der Waals surface area contributed by atoms with Gasteiger partial charge in [0.15, 0.2) is 0 Å². The third-order valence-electron chi connectivity index (χ3n) is 2.50. The summed E-state index contributed by atoms with van der Waals surface area (Å²) in [5.74, 6) is -0.530. The summed E-state index contributed by atoms with van der Waals surface area (Å²) in [7, 11) is 0. The molecule has 0 aromatic heterocycles. The summed E-state index contributed by atoms with van der Waals surface area (Å²) in [6, 6.07) is 8.06. The number of halogens is 1. The Morgan fingerprint density at radius 2 is 1.88 bits per heavy atom. The Labute approximate surface area is 110 Å². The van der Waals surface area contributed by atoms with Crippen molar-refractivity contribution in [2.75, 3.05) is 0 Å². The van der Waals surface area contributed by atoms with Crippen molar-refractivity contribution in [3.8, 4) is 0 Å². The fourth-order valence-corrected chi connectivity index (χ4v) is 2.11. The molecule has 0 aliphatic heterocycles. The number of carbonyl (C=O) groups is 1. The highest BCUT2D eigenvalue weighted by Crippen LogP contribution is 2.18. The molecule has 0 bridgehead atoms. The van der Waals surface area contributed by atoms with E-state index in [-0.39, 0.29) is 5.92 Å². The van der Waals surface area contributed by atoms with Crippen molar-refractivity contribution in [3.63, 3.8) is 0 Å². The Hall–Kier alpha value is -0.580. The highest BCUT2D eigenvalue weighted by molar-refractivity contribution is 14.1. The van der Waals surface area contributed by atoms with Gasteiger partial charge in [-0.25, -0.2) is 0 Å². The van der Waals surface area contributed by atoms with E-state index in [1.807, 2.05) is 24.3 Å². The zero-order valence-corrected chi connectivity index (χ0v) is 11.8. The minimum atomic E-state index is -0.688. The van der Waals surface area contributed by atoms with Crippen LogP contribution in [-0.4, -0.2) is 11.1 Å². The summed E-state index contributed by atoms with van der Waals surface area (Å²) in [6.07, 6.45) is 1.37. The van der Waals surface area contributed by atoms with Crippen LogP contribution in [0, 0.1) is 15.4 Å². The van der Waals surface area contributed by atoms with Crippen LogP contribution in [0.25, 0.3) is 0 Å². The van der Waals surface area contributed by atoms with E-state index in [0.717, 1.165) is 12.0 Å².